The second kappa shape index (κ2) is 17.8. The number of aromatic nitrogens is 2. The third kappa shape index (κ3) is 8.68. The topological polar surface area (TPSA) is 181 Å². The molecule has 2 fully saturated rings. The minimum absolute atomic E-state index is 0.0500. The number of fused-ring (bicyclic) bond motifs is 2. The van der Waals surface area contributed by atoms with Crippen molar-refractivity contribution in [1.82, 2.24) is 14.0 Å². The summed E-state index contributed by atoms with van der Waals surface area (Å²) in [4.78, 5) is 68.9. The zero-order valence-electron chi connectivity index (χ0n) is 32.0. The first kappa shape index (κ1) is 39.9. The summed E-state index contributed by atoms with van der Waals surface area (Å²) in [5, 5.41) is 5.56. The molecule has 0 spiro atoms. The van der Waals surface area contributed by atoms with E-state index < -0.39 is 36.5 Å². The molecule has 0 saturated carbocycles. The van der Waals surface area contributed by atoms with E-state index in [0.29, 0.717) is 43.8 Å². The fourth-order valence-corrected chi connectivity index (χ4v) is 7.16. The Morgan fingerprint density at radius 2 is 1.70 bits per heavy atom. The van der Waals surface area contributed by atoms with Gasteiger partial charge in [-0.1, -0.05) is 12.7 Å². The number of hydrogen-bond donors (Lipinski definition) is 2. The Labute approximate surface area is 324 Å². The minimum Gasteiger partial charge on any atom is -0.493 e. The lowest BCUT2D eigenvalue weighted by molar-refractivity contribution is -0.195. The van der Waals surface area contributed by atoms with E-state index in [2.05, 4.69) is 17.2 Å². The van der Waals surface area contributed by atoms with Crippen molar-refractivity contribution in [3.8, 4) is 11.5 Å². The van der Waals surface area contributed by atoms with Gasteiger partial charge < -0.3 is 53.1 Å². The summed E-state index contributed by atoms with van der Waals surface area (Å²) in [6, 6.07) is 5.74. The fraction of sp³-hybridized carbons (Fsp3) is 0.462. The highest BCUT2D eigenvalue weighted by molar-refractivity contribution is 6.06. The van der Waals surface area contributed by atoms with Gasteiger partial charge >= 0.3 is 12.1 Å². The van der Waals surface area contributed by atoms with E-state index in [0.717, 1.165) is 19.3 Å². The SMILES string of the molecule is C=CCOC(=O)N1c2cc(OCCCC(=O)Nc3cc(C(=O)Nc4cc(C(=O)OC)n(C)c4)n(C)c3)c(OC)cc2C(=O)N2CCC[C@H]2[C@@H]1OC1CCCCO1. The van der Waals surface area contributed by atoms with Gasteiger partial charge in [0.25, 0.3) is 11.8 Å². The lowest BCUT2D eigenvalue weighted by Crippen LogP contribution is -2.54. The number of methoxy groups -OCH3 is 2. The van der Waals surface area contributed by atoms with Gasteiger partial charge in [0.05, 0.1) is 49.5 Å². The molecule has 3 aliphatic heterocycles. The van der Waals surface area contributed by atoms with Gasteiger partial charge in [-0.3, -0.25) is 14.4 Å². The van der Waals surface area contributed by atoms with Gasteiger partial charge in [-0.2, -0.15) is 0 Å². The molecule has 5 heterocycles. The molecule has 0 bridgehead atoms. The summed E-state index contributed by atoms with van der Waals surface area (Å²) in [5.41, 5.74) is 1.86. The molecular weight excluding hydrogens is 728 g/mol. The van der Waals surface area contributed by atoms with Gasteiger partial charge in [-0.25, -0.2) is 14.5 Å². The number of aryl methyl sites for hydroxylation is 2. The molecule has 3 aromatic rings. The molecule has 2 aromatic heterocycles. The first-order chi connectivity index (χ1) is 27.0. The molecule has 1 unspecified atom stereocenters. The summed E-state index contributed by atoms with van der Waals surface area (Å²) < 4.78 is 37.6. The standard InChI is InChI=1S/C39H48N6O11/c1-6-15-55-39(50)45-28-21-32(31(51-4)20-26(28)36(48)44-14-9-11-27(44)37(45)56-34-13-7-8-16-54-34)53-17-10-12-33(46)40-24-18-29(42(2)22-24)35(47)41-25-19-30(38(49)52-5)43(3)23-25/h6,18-23,27,34,37H,1,7-17H2,2-5H3,(H,40,46)(H,41,47)/t27-,34?,37-/m0/s1. The van der Waals surface area contributed by atoms with Crippen molar-refractivity contribution in [2.24, 2.45) is 14.1 Å². The van der Waals surface area contributed by atoms with Crippen LogP contribution < -0.4 is 25.0 Å². The van der Waals surface area contributed by atoms with Gasteiger partial charge in [0, 0.05) is 52.1 Å². The fourth-order valence-electron chi connectivity index (χ4n) is 7.16. The Morgan fingerprint density at radius 3 is 2.41 bits per heavy atom. The highest BCUT2D eigenvalue weighted by Gasteiger charge is 2.48. The Balaban J connectivity index is 1.13. The van der Waals surface area contributed by atoms with Crippen molar-refractivity contribution < 1.29 is 52.4 Å². The van der Waals surface area contributed by atoms with Crippen LogP contribution in [0.5, 0.6) is 11.5 Å². The highest BCUT2D eigenvalue weighted by Crippen LogP contribution is 2.42. The molecule has 0 aliphatic carbocycles. The molecule has 17 heteroatoms. The molecule has 2 N–H and O–H groups in total. The molecule has 17 nitrogen and oxygen atoms in total. The maximum atomic E-state index is 14.1. The number of amides is 4. The smallest absolute Gasteiger partial charge is 0.416 e. The molecule has 56 heavy (non-hydrogen) atoms. The number of nitrogens with one attached hydrogen (secondary N) is 2. The Hall–Kier alpha value is -5.81. The summed E-state index contributed by atoms with van der Waals surface area (Å²) in [6.45, 7) is 4.74. The Bertz CT molecular complexity index is 1970. The van der Waals surface area contributed by atoms with Crippen molar-refractivity contribution in [2.45, 2.75) is 63.5 Å². The first-order valence-corrected chi connectivity index (χ1v) is 18.5. The van der Waals surface area contributed by atoms with E-state index in [1.807, 2.05) is 0 Å². The van der Waals surface area contributed by atoms with Gasteiger partial charge in [0.1, 0.15) is 18.0 Å². The predicted octanol–water partition coefficient (Wildman–Crippen LogP) is 4.83. The van der Waals surface area contributed by atoms with Crippen LogP contribution in [0.15, 0.2) is 49.3 Å². The zero-order chi connectivity index (χ0) is 39.9. The van der Waals surface area contributed by atoms with E-state index >= 15 is 0 Å². The summed E-state index contributed by atoms with van der Waals surface area (Å²) in [7, 11) is 6.07. The average molecular weight is 777 g/mol. The number of nitrogens with zero attached hydrogens (tertiary/aromatic N) is 4. The number of benzene rings is 1. The van der Waals surface area contributed by atoms with Crippen LogP contribution in [-0.2, 0) is 37.8 Å². The molecule has 6 rings (SSSR count). The van der Waals surface area contributed by atoms with Crippen molar-refractivity contribution in [2.75, 3.05) is 56.1 Å². The zero-order valence-corrected chi connectivity index (χ0v) is 32.0. The second-order valence-electron chi connectivity index (χ2n) is 13.7. The van der Waals surface area contributed by atoms with Crippen LogP contribution in [0.25, 0.3) is 0 Å². The molecule has 2 saturated heterocycles. The summed E-state index contributed by atoms with van der Waals surface area (Å²) in [5.74, 6) is -1.01. The lowest BCUT2D eigenvalue weighted by Gasteiger charge is -2.38. The van der Waals surface area contributed by atoms with Crippen LogP contribution in [0.4, 0.5) is 21.9 Å². The van der Waals surface area contributed by atoms with Crippen LogP contribution in [0.3, 0.4) is 0 Å². The van der Waals surface area contributed by atoms with Crippen molar-refractivity contribution in [3.05, 3.63) is 66.3 Å². The Kier molecular flexibility index (Phi) is 12.6. The molecular formula is C39H48N6O11. The van der Waals surface area contributed by atoms with Gasteiger partial charge in [-0.15, -0.1) is 0 Å². The largest absolute Gasteiger partial charge is 0.493 e. The summed E-state index contributed by atoms with van der Waals surface area (Å²) in [6.07, 6.45) is 6.73. The number of carbonyl (C=O) groups is 5. The molecule has 1 aromatic carbocycles. The number of carbonyl (C=O) groups excluding carboxylic acids is 5. The average Bonchev–Trinajstić information content (AvgIpc) is 3.91. The van der Waals surface area contributed by atoms with E-state index in [1.165, 1.54) is 31.3 Å². The normalized spacial score (nSPS) is 19.0. The van der Waals surface area contributed by atoms with Gasteiger partial charge in [0.15, 0.2) is 24.0 Å². The van der Waals surface area contributed by atoms with Crippen LogP contribution >= 0.6 is 0 Å². The molecule has 4 amide bonds. The highest BCUT2D eigenvalue weighted by atomic mass is 16.7. The van der Waals surface area contributed by atoms with Crippen LogP contribution in [0.1, 0.15) is 76.3 Å². The van der Waals surface area contributed by atoms with E-state index in [9.17, 15) is 24.0 Å². The van der Waals surface area contributed by atoms with Crippen LogP contribution in [0, 0.1) is 0 Å². The van der Waals surface area contributed by atoms with Crippen molar-refractivity contribution in [3.63, 3.8) is 0 Å². The maximum absolute atomic E-state index is 14.1. The van der Waals surface area contributed by atoms with Gasteiger partial charge in [-0.05, 0) is 56.7 Å². The molecule has 0 radical (unpaired) electrons. The molecule has 3 aliphatic rings. The number of esters is 1. The lowest BCUT2D eigenvalue weighted by atomic mass is 10.1. The monoisotopic (exact) mass is 776 g/mol. The van der Waals surface area contributed by atoms with Crippen molar-refractivity contribution >= 4 is 46.8 Å². The maximum Gasteiger partial charge on any atom is 0.416 e. The van der Waals surface area contributed by atoms with Crippen LogP contribution in [-0.4, -0.2) is 103 Å². The number of anilines is 3. The third-order valence-electron chi connectivity index (χ3n) is 9.85. The van der Waals surface area contributed by atoms with E-state index in [-0.39, 0.29) is 65.6 Å². The molecule has 3 atom stereocenters. The van der Waals surface area contributed by atoms with E-state index in [4.69, 9.17) is 28.4 Å². The quantitative estimate of drug-likeness (QED) is 0.130. The van der Waals surface area contributed by atoms with Gasteiger partial charge in [0.2, 0.25) is 5.91 Å². The number of ether oxygens (including phenoxy) is 6. The Morgan fingerprint density at radius 1 is 0.946 bits per heavy atom. The van der Waals surface area contributed by atoms with Crippen LogP contribution in [0.2, 0.25) is 0 Å². The minimum atomic E-state index is -0.893. The van der Waals surface area contributed by atoms with E-state index in [1.54, 1.807) is 58.7 Å². The predicted molar refractivity (Wildman–Crippen MR) is 203 cm³/mol. The first-order valence-electron chi connectivity index (χ1n) is 18.5. The number of hydrogen-bond acceptors (Lipinski definition) is 11. The molecule has 300 valence electrons. The second-order valence-corrected chi connectivity index (χ2v) is 13.7. The third-order valence-corrected chi connectivity index (χ3v) is 9.85. The number of rotatable bonds is 14. The van der Waals surface area contributed by atoms with Crippen molar-refractivity contribution in [1.29, 1.82) is 0 Å². The summed E-state index contributed by atoms with van der Waals surface area (Å²) >= 11 is 0.